The van der Waals surface area contributed by atoms with E-state index in [2.05, 4.69) is 5.32 Å². The summed E-state index contributed by atoms with van der Waals surface area (Å²) < 4.78 is 39.9. The molecule has 43 heavy (non-hydrogen) atoms. The molecule has 0 radical (unpaired) electrons. The highest BCUT2D eigenvalue weighted by Crippen LogP contribution is 2.34. The normalized spacial score (nSPS) is 12.3. The number of aryl methyl sites for hydroxylation is 1. The summed E-state index contributed by atoms with van der Waals surface area (Å²) in [5.74, 6) is -0.353. The summed E-state index contributed by atoms with van der Waals surface area (Å²) in [6.07, 6.45) is 0. The Kier molecular flexibility index (Phi) is 11.0. The molecule has 0 saturated carbocycles. The zero-order chi connectivity index (χ0) is 32.1. The monoisotopic (exact) mass is 649 g/mol. The largest absolute Gasteiger partial charge is 0.493 e. The topological polar surface area (TPSA) is 105 Å². The quantitative estimate of drug-likeness (QED) is 0.280. The van der Waals surface area contributed by atoms with Crippen LogP contribution in [-0.2, 0) is 26.2 Å². The standard InChI is InChI=1S/C31H37Cl2N3O6S/c1-20-8-12-24(13-9-20)43(39,40)36(23-11-15-27(41-6)28(17-23)42-7)19-29(37)35(21(2)30(38)34-31(3,4)5)18-22-10-14-25(32)26(33)16-22/h8-17,21H,18-19H2,1-7H3,(H,34,38)/t21-/m0/s1. The molecule has 3 aromatic carbocycles. The summed E-state index contributed by atoms with van der Waals surface area (Å²) >= 11 is 12.3. The molecule has 0 saturated heterocycles. The van der Waals surface area contributed by atoms with Crippen molar-refractivity contribution in [2.45, 2.75) is 57.6 Å². The van der Waals surface area contributed by atoms with Crippen molar-refractivity contribution >= 4 is 50.7 Å². The van der Waals surface area contributed by atoms with E-state index in [1.54, 1.807) is 43.3 Å². The highest BCUT2D eigenvalue weighted by atomic mass is 35.5. The fraction of sp³-hybridized carbons (Fsp3) is 0.355. The summed E-state index contributed by atoms with van der Waals surface area (Å²) in [5.41, 5.74) is 1.09. The maximum absolute atomic E-state index is 14.1. The number of anilines is 1. The van der Waals surface area contributed by atoms with Gasteiger partial charge in [-0.15, -0.1) is 0 Å². The van der Waals surface area contributed by atoms with Gasteiger partial charge in [-0.3, -0.25) is 13.9 Å². The van der Waals surface area contributed by atoms with Crippen molar-refractivity contribution in [3.63, 3.8) is 0 Å². The van der Waals surface area contributed by atoms with Gasteiger partial charge in [-0.1, -0.05) is 47.0 Å². The second kappa shape index (κ2) is 13.9. The van der Waals surface area contributed by atoms with Crippen molar-refractivity contribution in [3.05, 3.63) is 81.8 Å². The van der Waals surface area contributed by atoms with Crippen LogP contribution in [-0.4, -0.2) is 57.5 Å². The molecule has 1 N–H and O–H groups in total. The number of benzene rings is 3. The van der Waals surface area contributed by atoms with E-state index in [1.807, 2.05) is 27.7 Å². The van der Waals surface area contributed by atoms with Gasteiger partial charge in [0, 0.05) is 18.2 Å². The third-order valence-electron chi connectivity index (χ3n) is 6.55. The molecule has 0 fully saturated rings. The van der Waals surface area contributed by atoms with Gasteiger partial charge in [0.05, 0.1) is 34.8 Å². The maximum Gasteiger partial charge on any atom is 0.264 e. The molecule has 0 heterocycles. The van der Waals surface area contributed by atoms with Gasteiger partial charge in [-0.25, -0.2) is 8.42 Å². The summed E-state index contributed by atoms with van der Waals surface area (Å²) in [6, 6.07) is 14.8. The first-order chi connectivity index (χ1) is 20.1. The van der Waals surface area contributed by atoms with Crippen LogP contribution in [0.2, 0.25) is 10.0 Å². The Morgan fingerprint density at radius 2 is 1.53 bits per heavy atom. The first kappa shape index (κ1) is 34.0. The van der Waals surface area contributed by atoms with E-state index in [0.29, 0.717) is 16.3 Å². The number of nitrogens with zero attached hydrogens (tertiary/aromatic N) is 2. The minimum absolute atomic E-state index is 0.00441. The number of hydrogen-bond donors (Lipinski definition) is 1. The van der Waals surface area contributed by atoms with Crippen molar-refractivity contribution in [2.24, 2.45) is 0 Å². The molecular formula is C31H37Cl2N3O6S. The van der Waals surface area contributed by atoms with Crippen molar-refractivity contribution in [1.29, 1.82) is 0 Å². The Morgan fingerprint density at radius 1 is 0.907 bits per heavy atom. The molecule has 0 aliphatic rings. The fourth-order valence-electron chi connectivity index (χ4n) is 4.24. The Labute approximate surface area is 263 Å². The van der Waals surface area contributed by atoms with E-state index in [4.69, 9.17) is 32.7 Å². The zero-order valence-corrected chi connectivity index (χ0v) is 27.6. The van der Waals surface area contributed by atoms with Crippen LogP contribution in [0.4, 0.5) is 5.69 Å². The zero-order valence-electron chi connectivity index (χ0n) is 25.3. The lowest BCUT2D eigenvalue weighted by Crippen LogP contribution is -2.54. The Morgan fingerprint density at radius 3 is 2.09 bits per heavy atom. The lowest BCUT2D eigenvalue weighted by atomic mass is 10.1. The molecule has 0 aliphatic heterocycles. The molecular weight excluding hydrogens is 613 g/mol. The second-order valence-electron chi connectivity index (χ2n) is 11.0. The number of ether oxygens (including phenoxy) is 2. The van der Waals surface area contributed by atoms with E-state index in [0.717, 1.165) is 9.87 Å². The van der Waals surface area contributed by atoms with Gasteiger partial charge >= 0.3 is 0 Å². The number of carbonyl (C=O) groups excluding carboxylic acids is 2. The number of rotatable bonds is 11. The number of amides is 2. The van der Waals surface area contributed by atoms with Crippen LogP contribution in [0.5, 0.6) is 11.5 Å². The van der Waals surface area contributed by atoms with Crippen LogP contribution in [0.15, 0.2) is 65.6 Å². The molecule has 2 amide bonds. The molecule has 0 bridgehead atoms. The molecule has 12 heteroatoms. The second-order valence-corrected chi connectivity index (χ2v) is 13.7. The minimum atomic E-state index is -4.25. The number of halogens is 2. The van der Waals surface area contributed by atoms with Gasteiger partial charge < -0.3 is 19.7 Å². The predicted molar refractivity (Wildman–Crippen MR) is 170 cm³/mol. The first-order valence-corrected chi connectivity index (χ1v) is 15.6. The van der Waals surface area contributed by atoms with Gasteiger partial charge in [-0.2, -0.15) is 0 Å². The Balaban J connectivity index is 2.11. The van der Waals surface area contributed by atoms with E-state index >= 15 is 0 Å². The molecule has 3 aromatic rings. The molecule has 0 aromatic heterocycles. The number of methoxy groups -OCH3 is 2. The van der Waals surface area contributed by atoms with E-state index in [-0.39, 0.29) is 27.9 Å². The van der Waals surface area contributed by atoms with Crippen LogP contribution in [0.1, 0.15) is 38.8 Å². The summed E-state index contributed by atoms with van der Waals surface area (Å²) in [4.78, 5) is 28.7. The number of hydrogen-bond acceptors (Lipinski definition) is 6. The summed E-state index contributed by atoms with van der Waals surface area (Å²) in [5, 5.41) is 3.52. The molecule has 0 aliphatic carbocycles. The Hall–Kier alpha value is -3.47. The third-order valence-corrected chi connectivity index (χ3v) is 9.07. The summed E-state index contributed by atoms with van der Waals surface area (Å²) in [6.45, 7) is 8.28. The SMILES string of the molecule is COc1ccc(N(CC(=O)N(Cc2ccc(Cl)c(Cl)c2)[C@@H](C)C(=O)NC(C)(C)C)S(=O)(=O)c2ccc(C)cc2)cc1OC. The van der Waals surface area contributed by atoms with E-state index in [1.165, 1.54) is 43.4 Å². The predicted octanol–water partition coefficient (Wildman–Crippen LogP) is 5.85. The van der Waals surface area contributed by atoms with Crippen molar-refractivity contribution in [2.75, 3.05) is 25.1 Å². The molecule has 0 unspecified atom stereocenters. The van der Waals surface area contributed by atoms with Crippen molar-refractivity contribution in [1.82, 2.24) is 10.2 Å². The maximum atomic E-state index is 14.1. The van der Waals surface area contributed by atoms with E-state index < -0.39 is 40.0 Å². The summed E-state index contributed by atoms with van der Waals surface area (Å²) in [7, 11) is -1.36. The minimum Gasteiger partial charge on any atom is -0.493 e. The fourth-order valence-corrected chi connectivity index (χ4v) is 5.96. The average Bonchev–Trinajstić information content (AvgIpc) is 2.94. The van der Waals surface area contributed by atoms with Crippen LogP contribution in [0.3, 0.4) is 0 Å². The number of nitrogens with one attached hydrogen (secondary N) is 1. The van der Waals surface area contributed by atoms with Crippen LogP contribution in [0.25, 0.3) is 0 Å². The van der Waals surface area contributed by atoms with Crippen molar-refractivity contribution in [3.8, 4) is 11.5 Å². The van der Waals surface area contributed by atoms with Crippen LogP contribution in [0, 0.1) is 6.92 Å². The number of carbonyl (C=O) groups is 2. The lowest BCUT2D eigenvalue weighted by Gasteiger charge is -2.33. The van der Waals surface area contributed by atoms with Gasteiger partial charge in [0.2, 0.25) is 11.8 Å². The third kappa shape index (κ3) is 8.55. The van der Waals surface area contributed by atoms with Crippen molar-refractivity contribution < 1.29 is 27.5 Å². The molecule has 1 atom stereocenters. The molecule has 0 spiro atoms. The average molecular weight is 651 g/mol. The molecule has 232 valence electrons. The van der Waals surface area contributed by atoms with Gasteiger partial charge in [0.15, 0.2) is 11.5 Å². The number of sulfonamides is 1. The molecule has 3 rings (SSSR count). The van der Waals surface area contributed by atoms with Gasteiger partial charge in [0.1, 0.15) is 12.6 Å². The lowest BCUT2D eigenvalue weighted by molar-refractivity contribution is -0.140. The highest BCUT2D eigenvalue weighted by molar-refractivity contribution is 7.92. The highest BCUT2D eigenvalue weighted by Gasteiger charge is 2.34. The van der Waals surface area contributed by atoms with E-state index in [9.17, 15) is 18.0 Å². The van der Waals surface area contributed by atoms with Crippen LogP contribution < -0.4 is 19.1 Å². The van der Waals surface area contributed by atoms with Gasteiger partial charge in [0.25, 0.3) is 10.0 Å². The van der Waals surface area contributed by atoms with Gasteiger partial charge in [-0.05, 0) is 76.6 Å². The van der Waals surface area contributed by atoms with Crippen LogP contribution >= 0.6 is 23.2 Å². The first-order valence-electron chi connectivity index (χ1n) is 13.4. The molecule has 9 nitrogen and oxygen atoms in total. The Bertz CT molecular complexity index is 1570. The smallest absolute Gasteiger partial charge is 0.264 e.